The Bertz CT molecular complexity index is 745. The number of benzene rings is 2. The molecule has 0 aromatic heterocycles. The van der Waals surface area contributed by atoms with Gasteiger partial charge in [-0.2, -0.15) is 0 Å². The maximum atomic E-state index is 5.40. The molecule has 28 heavy (non-hydrogen) atoms. The predicted octanol–water partition coefficient (Wildman–Crippen LogP) is 4.35. The summed E-state index contributed by atoms with van der Waals surface area (Å²) in [6, 6.07) is 12.0. The molecule has 0 radical (unpaired) electrons. The number of nitrogens with zero attached hydrogens (tertiary/aromatic N) is 1. The molecule has 154 valence electrons. The van der Waals surface area contributed by atoms with E-state index >= 15 is 0 Å². The number of nitrogens with one attached hydrogen (secondary N) is 2. The second-order valence-electron chi connectivity index (χ2n) is 5.71. The highest BCUT2D eigenvalue weighted by atomic mass is 127. The molecule has 0 heterocycles. The van der Waals surface area contributed by atoms with E-state index in [0.29, 0.717) is 30.3 Å². The fourth-order valence-electron chi connectivity index (χ4n) is 2.53. The van der Waals surface area contributed by atoms with Crippen molar-refractivity contribution in [3.05, 3.63) is 52.0 Å². The summed E-state index contributed by atoms with van der Waals surface area (Å²) in [5.74, 6) is 2.56. The van der Waals surface area contributed by atoms with Gasteiger partial charge in [0.15, 0.2) is 17.5 Å². The molecule has 2 N–H and O–H groups in total. The summed E-state index contributed by atoms with van der Waals surface area (Å²) in [6.45, 7) is 3.98. The minimum absolute atomic E-state index is 0. The van der Waals surface area contributed by atoms with Gasteiger partial charge in [-0.05, 0) is 42.3 Å². The number of ether oxygens (including phenoxy) is 3. The molecule has 0 amide bonds. The van der Waals surface area contributed by atoms with Gasteiger partial charge >= 0.3 is 0 Å². The van der Waals surface area contributed by atoms with E-state index in [1.54, 1.807) is 21.3 Å². The van der Waals surface area contributed by atoms with E-state index in [1.807, 2.05) is 31.2 Å². The molecule has 0 unspecified atom stereocenters. The molecule has 0 aliphatic rings. The van der Waals surface area contributed by atoms with Crippen LogP contribution in [0.5, 0.6) is 17.2 Å². The van der Waals surface area contributed by atoms with Crippen molar-refractivity contribution in [2.24, 2.45) is 4.99 Å². The Morgan fingerprint density at radius 1 is 0.929 bits per heavy atom. The lowest BCUT2D eigenvalue weighted by Crippen LogP contribution is -2.36. The number of guanidine groups is 1. The van der Waals surface area contributed by atoms with Gasteiger partial charge in [0.25, 0.3) is 0 Å². The predicted molar refractivity (Wildman–Crippen MR) is 127 cm³/mol. The summed E-state index contributed by atoms with van der Waals surface area (Å²) in [4.78, 5) is 4.66. The minimum atomic E-state index is 0. The van der Waals surface area contributed by atoms with Gasteiger partial charge < -0.3 is 24.8 Å². The first-order valence-corrected chi connectivity index (χ1v) is 9.46. The molecule has 6 nitrogen and oxygen atoms in total. The molecule has 0 spiro atoms. The zero-order chi connectivity index (χ0) is 19.6. The summed E-state index contributed by atoms with van der Waals surface area (Å²) in [5.41, 5.74) is 2.14. The van der Waals surface area contributed by atoms with Crippen LogP contribution in [0.25, 0.3) is 0 Å². The van der Waals surface area contributed by atoms with Crippen molar-refractivity contribution in [2.45, 2.75) is 20.0 Å². The number of hydrogen-bond acceptors (Lipinski definition) is 4. The Balaban J connectivity index is 0.00000392. The molecule has 2 aromatic rings. The van der Waals surface area contributed by atoms with E-state index < -0.39 is 0 Å². The van der Waals surface area contributed by atoms with Crippen molar-refractivity contribution in [3.63, 3.8) is 0 Å². The fraction of sp³-hybridized carbons (Fsp3) is 0.350. The topological polar surface area (TPSA) is 64.1 Å². The van der Waals surface area contributed by atoms with Crippen LogP contribution >= 0.6 is 39.9 Å². The molecule has 0 atom stereocenters. The first-order chi connectivity index (χ1) is 13.1. The van der Waals surface area contributed by atoms with Gasteiger partial charge in [-0.15, -0.1) is 24.0 Å². The Labute approximate surface area is 192 Å². The molecule has 8 heteroatoms. The van der Waals surface area contributed by atoms with Crippen molar-refractivity contribution < 1.29 is 14.2 Å². The smallest absolute Gasteiger partial charge is 0.203 e. The minimum Gasteiger partial charge on any atom is -0.493 e. The van der Waals surface area contributed by atoms with Crippen LogP contribution in [-0.4, -0.2) is 33.8 Å². The van der Waals surface area contributed by atoms with Gasteiger partial charge in [-0.25, -0.2) is 4.99 Å². The van der Waals surface area contributed by atoms with Crippen LogP contribution in [0.1, 0.15) is 18.1 Å². The van der Waals surface area contributed by atoms with Gasteiger partial charge in [0.1, 0.15) is 0 Å². The highest BCUT2D eigenvalue weighted by Crippen LogP contribution is 2.38. The molecule has 0 bridgehead atoms. The first kappa shape index (κ1) is 24.4. The lowest BCUT2D eigenvalue weighted by Gasteiger charge is -2.14. The van der Waals surface area contributed by atoms with Gasteiger partial charge in [-0.1, -0.05) is 28.1 Å². The third-order valence-electron chi connectivity index (χ3n) is 3.86. The number of rotatable bonds is 8. The van der Waals surface area contributed by atoms with Gasteiger partial charge in [0.2, 0.25) is 5.75 Å². The quantitative estimate of drug-likeness (QED) is 0.284. The van der Waals surface area contributed by atoms with Crippen LogP contribution in [-0.2, 0) is 13.1 Å². The summed E-state index contributed by atoms with van der Waals surface area (Å²) < 4.78 is 17.2. The summed E-state index contributed by atoms with van der Waals surface area (Å²) in [7, 11) is 4.80. The van der Waals surface area contributed by atoms with Crippen molar-refractivity contribution in [3.8, 4) is 17.2 Å². The third kappa shape index (κ3) is 7.05. The van der Waals surface area contributed by atoms with E-state index in [-0.39, 0.29) is 24.0 Å². The van der Waals surface area contributed by atoms with Crippen molar-refractivity contribution >= 4 is 45.9 Å². The van der Waals surface area contributed by atoms with E-state index in [9.17, 15) is 0 Å². The second-order valence-corrected chi connectivity index (χ2v) is 6.62. The highest BCUT2D eigenvalue weighted by molar-refractivity contribution is 14.0. The van der Waals surface area contributed by atoms with E-state index in [0.717, 1.165) is 22.5 Å². The van der Waals surface area contributed by atoms with E-state index in [2.05, 4.69) is 43.7 Å². The van der Waals surface area contributed by atoms with Gasteiger partial charge in [0.05, 0.1) is 27.9 Å². The Morgan fingerprint density at radius 3 is 2.04 bits per heavy atom. The number of methoxy groups -OCH3 is 3. The molecule has 0 saturated carbocycles. The normalized spacial score (nSPS) is 10.7. The molecule has 2 aromatic carbocycles. The Kier molecular flexibility index (Phi) is 11.1. The third-order valence-corrected chi connectivity index (χ3v) is 4.39. The summed E-state index contributed by atoms with van der Waals surface area (Å²) in [6.07, 6.45) is 0. The maximum absolute atomic E-state index is 5.40. The van der Waals surface area contributed by atoms with Crippen molar-refractivity contribution in [1.82, 2.24) is 10.6 Å². The van der Waals surface area contributed by atoms with Gasteiger partial charge in [0, 0.05) is 17.6 Å². The zero-order valence-electron chi connectivity index (χ0n) is 16.5. The van der Waals surface area contributed by atoms with Crippen LogP contribution in [0, 0.1) is 0 Å². The molecule has 0 saturated heterocycles. The molecule has 0 aliphatic heterocycles. The first-order valence-electron chi connectivity index (χ1n) is 8.66. The second kappa shape index (κ2) is 12.7. The zero-order valence-corrected chi connectivity index (χ0v) is 20.5. The van der Waals surface area contributed by atoms with Crippen LogP contribution in [0.15, 0.2) is 45.9 Å². The Morgan fingerprint density at radius 2 is 1.54 bits per heavy atom. The Hall–Kier alpha value is -1.68. The SMILES string of the molecule is CCNC(=NCc1cc(OC)c(OC)c(OC)c1)NCc1ccc(Br)cc1.I. The molecular formula is C20H27BrIN3O3. The van der Waals surface area contributed by atoms with Gasteiger partial charge in [-0.3, -0.25) is 0 Å². The highest BCUT2D eigenvalue weighted by Gasteiger charge is 2.13. The average Bonchev–Trinajstić information content (AvgIpc) is 2.70. The maximum Gasteiger partial charge on any atom is 0.203 e. The fourth-order valence-corrected chi connectivity index (χ4v) is 2.79. The van der Waals surface area contributed by atoms with Crippen LogP contribution in [0.4, 0.5) is 0 Å². The average molecular weight is 564 g/mol. The van der Waals surface area contributed by atoms with Crippen LogP contribution in [0.2, 0.25) is 0 Å². The van der Waals surface area contributed by atoms with Crippen LogP contribution in [0.3, 0.4) is 0 Å². The lowest BCUT2D eigenvalue weighted by molar-refractivity contribution is 0.324. The molecule has 0 fully saturated rings. The molecule has 0 aliphatic carbocycles. The van der Waals surface area contributed by atoms with Crippen LogP contribution < -0.4 is 24.8 Å². The largest absolute Gasteiger partial charge is 0.493 e. The summed E-state index contributed by atoms with van der Waals surface area (Å²) in [5, 5.41) is 6.60. The number of aliphatic imine (C=N–C) groups is 1. The lowest BCUT2D eigenvalue weighted by atomic mass is 10.2. The van der Waals surface area contributed by atoms with E-state index in [4.69, 9.17) is 14.2 Å². The summed E-state index contributed by atoms with van der Waals surface area (Å²) >= 11 is 3.45. The monoisotopic (exact) mass is 563 g/mol. The van der Waals surface area contributed by atoms with E-state index in [1.165, 1.54) is 5.56 Å². The number of halogens is 2. The van der Waals surface area contributed by atoms with Crippen molar-refractivity contribution in [1.29, 1.82) is 0 Å². The molecular weight excluding hydrogens is 537 g/mol. The standard InChI is InChI=1S/C20H26BrN3O3.HI/c1-5-22-20(23-12-14-6-8-16(21)9-7-14)24-13-15-10-17(25-2)19(27-4)18(11-15)26-3;/h6-11H,5,12-13H2,1-4H3,(H2,22,23,24);1H. The van der Waals surface area contributed by atoms with Crippen molar-refractivity contribution in [2.75, 3.05) is 27.9 Å². The molecule has 2 rings (SSSR count). The number of hydrogen-bond donors (Lipinski definition) is 2.